The van der Waals surface area contributed by atoms with Crippen LogP contribution in [-0.2, 0) is 14.4 Å². The fraction of sp³-hybridized carbons (Fsp3) is 0.471. The topological polar surface area (TPSA) is 83.7 Å². The third-order valence-corrected chi connectivity index (χ3v) is 5.14. The summed E-state index contributed by atoms with van der Waals surface area (Å²) in [5, 5.41) is 0.488. The van der Waals surface area contributed by atoms with Gasteiger partial charge in [-0.2, -0.15) is 0 Å². The lowest BCUT2D eigenvalue weighted by atomic mass is 9.95. The molecule has 2 fully saturated rings. The van der Waals surface area contributed by atoms with Crippen LogP contribution in [0.3, 0.4) is 0 Å². The van der Waals surface area contributed by atoms with Crippen molar-refractivity contribution in [3.05, 3.63) is 28.8 Å². The Morgan fingerprint density at radius 3 is 2.54 bits per heavy atom. The van der Waals surface area contributed by atoms with Gasteiger partial charge in [0.2, 0.25) is 11.8 Å². The quantitative estimate of drug-likeness (QED) is 0.838. The Morgan fingerprint density at radius 2 is 1.92 bits per heavy atom. The summed E-state index contributed by atoms with van der Waals surface area (Å²) in [6.07, 6.45) is 1.42. The van der Waals surface area contributed by atoms with Crippen molar-refractivity contribution < 1.29 is 14.4 Å². The Hall–Kier alpha value is -1.92. The van der Waals surface area contributed by atoms with Gasteiger partial charge in [0.05, 0.1) is 18.2 Å². The van der Waals surface area contributed by atoms with Gasteiger partial charge < -0.3 is 5.73 Å². The van der Waals surface area contributed by atoms with Crippen LogP contribution >= 0.6 is 11.6 Å². The summed E-state index contributed by atoms with van der Waals surface area (Å²) < 4.78 is 0. The molecule has 0 radical (unpaired) electrons. The third kappa shape index (κ3) is 3.03. The molecule has 1 atom stereocenters. The molecule has 0 saturated carbocycles. The fourth-order valence-corrected chi connectivity index (χ4v) is 3.64. The van der Waals surface area contributed by atoms with E-state index < -0.39 is 6.04 Å². The number of aryl methyl sites for hydroxylation is 1. The van der Waals surface area contributed by atoms with Crippen molar-refractivity contribution in [2.75, 3.05) is 18.0 Å². The Labute approximate surface area is 145 Å². The number of carbonyl (C=O) groups is 3. The number of likely N-dealkylation sites (tertiary alicyclic amines) is 1. The zero-order valence-corrected chi connectivity index (χ0v) is 14.3. The van der Waals surface area contributed by atoms with Gasteiger partial charge in [0.15, 0.2) is 0 Å². The van der Waals surface area contributed by atoms with E-state index in [1.54, 1.807) is 18.2 Å². The molecule has 0 unspecified atom stereocenters. The van der Waals surface area contributed by atoms with Crippen molar-refractivity contribution in [1.29, 1.82) is 0 Å². The number of benzene rings is 1. The number of nitrogens with zero attached hydrogens (tertiary/aromatic N) is 2. The molecule has 1 aromatic rings. The van der Waals surface area contributed by atoms with E-state index in [4.69, 9.17) is 17.3 Å². The lowest BCUT2D eigenvalue weighted by Crippen LogP contribution is -2.47. The first-order chi connectivity index (χ1) is 11.4. The number of piperidine rings is 1. The van der Waals surface area contributed by atoms with Gasteiger partial charge in [-0.05, 0) is 50.6 Å². The van der Waals surface area contributed by atoms with Gasteiger partial charge in [0.1, 0.15) is 0 Å². The highest BCUT2D eigenvalue weighted by Gasteiger charge is 2.44. The Kier molecular flexibility index (Phi) is 4.60. The first kappa shape index (κ1) is 16.9. The summed E-state index contributed by atoms with van der Waals surface area (Å²) in [5.41, 5.74) is 6.72. The Bertz CT molecular complexity index is 698. The van der Waals surface area contributed by atoms with Crippen molar-refractivity contribution in [3.63, 3.8) is 0 Å². The molecule has 0 aliphatic carbocycles. The number of amides is 3. The molecule has 2 saturated heterocycles. The van der Waals surface area contributed by atoms with Crippen LogP contribution in [0.2, 0.25) is 5.02 Å². The van der Waals surface area contributed by atoms with Crippen molar-refractivity contribution >= 4 is 35.0 Å². The van der Waals surface area contributed by atoms with E-state index in [-0.39, 0.29) is 30.1 Å². The van der Waals surface area contributed by atoms with E-state index in [1.807, 2.05) is 11.8 Å². The number of primary amides is 1. The Morgan fingerprint density at radius 1 is 1.25 bits per heavy atom. The second-order valence-corrected chi connectivity index (χ2v) is 6.87. The van der Waals surface area contributed by atoms with Gasteiger partial charge in [0, 0.05) is 10.9 Å². The first-order valence-corrected chi connectivity index (χ1v) is 8.42. The van der Waals surface area contributed by atoms with E-state index in [9.17, 15) is 14.4 Å². The minimum absolute atomic E-state index is 0.139. The number of hydrogen-bond acceptors (Lipinski definition) is 4. The van der Waals surface area contributed by atoms with Crippen LogP contribution in [0.15, 0.2) is 18.2 Å². The van der Waals surface area contributed by atoms with Crippen LogP contribution < -0.4 is 10.6 Å². The van der Waals surface area contributed by atoms with Gasteiger partial charge in [-0.15, -0.1) is 0 Å². The van der Waals surface area contributed by atoms with Crippen molar-refractivity contribution in [2.45, 2.75) is 32.2 Å². The average Bonchev–Trinajstić information content (AvgIpc) is 2.84. The highest BCUT2D eigenvalue weighted by atomic mass is 35.5. The lowest BCUT2D eigenvalue weighted by Gasteiger charge is -2.33. The number of hydrogen-bond donors (Lipinski definition) is 1. The monoisotopic (exact) mass is 349 g/mol. The van der Waals surface area contributed by atoms with Crippen LogP contribution in [0.5, 0.6) is 0 Å². The maximum absolute atomic E-state index is 12.8. The van der Waals surface area contributed by atoms with Crippen LogP contribution in [0.1, 0.15) is 24.8 Å². The van der Waals surface area contributed by atoms with Crippen LogP contribution in [0, 0.1) is 12.8 Å². The third-order valence-electron chi connectivity index (χ3n) is 4.91. The number of imide groups is 1. The highest BCUT2D eigenvalue weighted by molar-refractivity contribution is 6.31. The molecule has 0 aromatic heterocycles. The molecule has 2 heterocycles. The number of halogens is 1. The zero-order valence-electron chi connectivity index (χ0n) is 13.5. The number of rotatable bonds is 3. The van der Waals surface area contributed by atoms with Crippen molar-refractivity contribution in [1.82, 2.24) is 4.90 Å². The van der Waals surface area contributed by atoms with Crippen LogP contribution in [0.25, 0.3) is 0 Å². The minimum Gasteiger partial charge on any atom is -0.369 e. The van der Waals surface area contributed by atoms with E-state index in [1.165, 1.54) is 4.90 Å². The molecule has 1 aromatic carbocycles. The summed E-state index contributed by atoms with van der Waals surface area (Å²) in [6.45, 7) is 3.04. The van der Waals surface area contributed by atoms with E-state index in [0.717, 1.165) is 5.56 Å². The zero-order chi connectivity index (χ0) is 17.4. The number of nitrogens with two attached hydrogens (primary N) is 1. The van der Waals surface area contributed by atoms with Crippen molar-refractivity contribution in [2.24, 2.45) is 11.7 Å². The molecule has 2 N–H and O–H groups in total. The predicted molar refractivity (Wildman–Crippen MR) is 90.6 cm³/mol. The van der Waals surface area contributed by atoms with Crippen LogP contribution in [0.4, 0.5) is 5.69 Å². The smallest absolute Gasteiger partial charge is 0.251 e. The SMILES string of the molecule is Cc1ccc(Cl)cc1N1C(=O)C[C@H](N2CCC(C(N)=O)CC2)C1=O. The summed E-state index contributed by atoms with van der Waals surface area (Å²) >= 11 is 6.02. The Balaban J connectivity index is 1.78. The average molecular weight is 350 g/mol. The molecule has 24 heavy (non-hydrogen) atoms. The predicted octanol–water partition coefficient (Wildman–Crippen LogP) is 1.48. The largest absolute Gasteiger partial charge is 0.369 e. The van der Waals surface area contributed by atoms with E-state index in [2.05, 4.69) is 0 Å². The maximum atomic E-state index is 12.8. The lowest BCUT2D eigenvalue weighted by molar-refractivity contribution is -0.124. The van der Waals surface area contributed by atoms with Gasteiger partial charge in [-0.1, -0.05) is 17.7 Å². The summed E-state index contributed by atoms with van der Waals surface area (Å²) in [6, 6.07) is 4.71. The maximum Gasteiger partial charge on any atom is 0.251 e. The van der Waals surface area contributed by atoms with Gasteiger partial charge in [-0.25, -0.2) is 4.90 Å². The number of carbonyl (C=O) groups excluding carboxylic acids is 3. The molecule has 2 aliphatic rings. The molecule has 2 aliphatic heterocycles. The summed E-state index contributed by atoms with van der Waals surface area (Å²) in [7, 11) is 0. The molecule has 6 nitrogen and oxygen atoms in total. The second kappa shape index (κ2) is 6.53. The second-order valence-electron chi connectivity index (χ2n) is 6.43. The molecular weight excluding hydrogens is 330 g/mol. The molecular formula is C17H20ClN3O3. The van der Waals surface area contributed by atoms with Crippen molar-refractivity contribution in [3.8, 4) is 0 Å². The standard InChI is InChI=1S/C17H20ClN3O3/c1-10-2-3-12(18)8-13(10)21-15(22)9-14(17(21)24)20-6-4-11(5-7-20)16(19)23/h2-3,8,11,14H,4-7,9H2,1H3,(H2,19,23)/t14-/m0/s1. The summed E-state index contributed by atoms with van der Waals surface area (Å²) in [4.78, 5) is 39.8. The highest BCUT2D eigenvalue weighted by Crippen LogP contribution is 2.31. The molecule has 3 amide bonds. The van der Waals surface area contributed by atoms with Gasteiger partial charge in [0.25, 0.3) is 5.91 Å². The minimum atomic E-state index is -0.468. The molecule has 7 heteroatoms. The molecule has 3 rings (SSSR count). The fourth-order valence-electron chi connectivity index (χ4n) is 3.47. The van der Waals surface area contributed by atoms with Gasteiger partial charge in [-0.3, -0.25) is 19.3 Å². The molecule has 0 bridgehead atoms. The summed E-state index contributed by atoms with van der Waals surface area (Å²) in [5.74, 6) is -0.866. The van der Waals surface area contributed by atoms with E-state index >= 15 is 0 Å². The number of anilines is 1. The molecule has 0 spiro atoms. The van der Waals surface area contributed by atoms with E-state index in [0.29, 0.717) is 36.6 Å². The van der Waals surface area contributed by atoms with Crippen LogP contribution in [-0.4, -0.2) is 41.8 Å². The first-order valence-electron chi connectivity index (χ1n) is 8.05. The van der Waals surface area contributed by atoms with Gasteiger partial charge >= 0.3 is 0 Å². The molecule has 128 valence electrons. The normalized spacial score (nSPS) is 23.1.